The molecule has 15 nitrogen and oxygen atoms in total. The predicted molar refractivity (Wildman–Crippen MR) is 302 cm³/mol. The topological polar surface area (TPSA) is 195 Å². The number of benzene rings is 3. The number of nitriles is 1. The minimum atomic E-state index is -0.873. The number of piperidine rings is 1. The standard InChI is InChI=1S/C61H77N9O6S/c1-8-41-31-46-47(61(6,7)56-53(54(46)74)45-21-18-40(34-62)30-48(45)65-56)33-49(41)68-24-22-43(23-25-68)67-26-28-69(29-27-67)52(73)15-13-11-9-10-12-14-51(72)66-57(60(3,4)5)59(76)70-36-44(71)32-50(70)58(75)63-35-39-16-19-42(20-17-39)55-38(2)64-37-77-55/h16-21,30-31,33,37,43-44,50,57,65,71H,8-15,22-29,32,35-36H2,1-7H3,(H,63,75)(H,66,72)/t44-,50+,57?/m1/s1. The van der Waals surface area contributed by atoms with Crippen molar-refractivity contribution in [3.8, 4) is 16.5 Å². The maximum Gasteiger partial charge on any atom is 0.246 e. The van der Waals surface area contributed by atoms with Gasteiger partial charge in [-0.15, -0.1) is 11.3 Å². The number of piperazine rings is 1. The van der Waals surface area contributed by atoms with Crippen LogP contribution in [0.2, 0.25) is 0 Å². The summed E-state index contributed by atoms with van der Waals surface area (Å²) in [6, 6.07) is 18.8. The number of aryl methyl sites for hydroxylation is 2. The fraction of sp³-hybridized carbons (Fsp3) is 0.525. The third kappa shape index (κ3) is 11.9. The number of nitrogens with one attached hydrogen (secondary N) is 3. The van der Waals surface area contributed by atoms with Crippen LogP contribution in [0.5, 0.6) is 0 Å². The minimum absolute atomic E-state index is 0.0213. The van der Waals surface area contributed by atoms with Gasteiger partial charge in [-0.3, -0.25) is 28.9 Å². The molecule has 4 aliphatic rings. The van der Waals surface area contributed by atoms with Gasteiger partial charge in [0.2, 0.25) is 23.6 Å². The van der Waals surface area contributed by atoms with E-state index in [1.165, 1.54) is 16.2 Å². The van der Waals surface area contributed by atoms with E-state index in [1.54, 1.807) is 17.4 Å². The Morgan fingerprint density at radius 2 is 1.64 bits per heavy atom. The second-order valence-electron chi connectivity index (χ2n) is 23.4. The zero-order valence-electron chi connectivity index (χ0n) is 46.1. The number of carbonyl (C=O) groups excluding carboxylic acids is 5. The highest BCUT2D eigenvalue weighted by molar-refractivity contribution is 7.13. The maximum atomic E-state index is 14.2. The molecule has 2 aromatic heterocycles. The van der Waals surface area contributed by atoms with E-state index in [1.807, 2.05) is 74.5 Å². The van der Waals surface area contributed by atoms with Crippen LogP contribution in [0.25, 0.3) is 21.3 Å². The highest BCUT2D eigenvalue weighted by Gasteiger charge is 2.45. The van der Waals surface area contributed by atoms with Gasteiger partial charge in [-0.05, 0) is 91.0 Å². The number of anilines is 1. The molecular formula is C61H77N9O6S. The highest BCUT2D eigenvalue weighted by atomic mass is 32.1. The Morgan fingerprint density at radius 3 is 2.30 bits per heavy atom. The number of rotatable bonds is 17. The molecule has 408 valence electrons. The lowest BCUT2D eigenvalue weighted by molar-refractivity contribution is -0.144. The average molecular weight is 1060 g/mol. The fourth-order valence-corrected chi connectivity index (χ4v) is 13.0. The van der Waals surface area contributed by atoms with Crippen LogP contribution in [0, 0.1) is 23.7 Å². The van der Waals surface area contributed by atoms with E-state index in [-0.39, 0.29) is 55.3 Å². The molecule has 9 rings (SSSR count). The van der Waals surface area contributed by atoms with E-state index in [0.717, 1.165) is 134 Å². The molecule has 0 bridgehead atoms. The summed E-state index contributed by atoms with van der Waals surface area (Å²) >= 11 is 1.58. The second kappa shape index (κ2) is 23.3. The molecule has 77 heavy (non-hydrogen) atoms. The predicted octanol–water partition coefficient (Wildman–Crippen LogP) is 8.56. The van der Waals surface area contributed by atoms with Crippen LogP contribution in [0.15, 0.2) is 60.1 Å². The first-order valence-electron chi connectivity index (χ1n) is 28.0. The smallest absolute Gasteiger partial charge is 0.246 e. The van der Waals surface area contributed by atoms with E-state index >= 15 is 0 Å². The molecule has 3 aliphatic heterocycles. The Bertz CT molecular complexity index is 3040. The maximum absolute atomic E-state index is 14.2. The van der Waals surface area contributed by atoms with Gasteiger partial charge in [0.1, 0.15) is 12.1 Å². The summed E-state index contributed by atoms with van der Waals surface area (Å²) in [7, 11) is 0. The van der Waals surface area contributed by atoms with Crippen molar-refractivity contribution in [1.29, 1.82) is 5.26 Å². The molecule has 3 atom stereocenters. The minimum Gasteiger partial charge on any atom is -0.391 e. The monoisotopic (exact) mass is 1060 g/mol. The molecule has 1 unspecified atom stereocenters. The fourth-order valence-electron chi connectivity index (χ4n) is 12.2. The van der Waals surface area contributed by atoms with Crippen molar-refractivity contribution in [2.24, 2.45) is 5.41 Å². The molecule has 16 heteroatoms. The number of unbranched alkanes of at least 4 members (excludes halogenated alkanes) is 4. The molecule has 3 fully saturated rings. The number of hydrogen-bond donors (Lipinski definition) is 4. The lowest BCUT2D eigenvalue weighted by Crippen LogP contribution is -2.57. The van der Waals surface area contributed by atoms with Crippen molar-refractivity contribution >= 4 is 57.3 Å². The molecule has 0 saturated carbocycles. The summed E-state index contributed by atoms with van der Waals surface area (Å²) < 4.78 is 0. The van der Waals surface area contributed by atoms with Crippen molar-refractivity contribution in [3.05, 3.63) is 105 Å². The lowest BCUT2D eigenvalue weighted by atomic mass is 9.70. The van der Waals surface area contributed by atoms with E-state index in [4.69, 9.17) is 0 Å². The Labute approximate surface area is 457 Å². The largest absolute Gasteiger partial charge is 0.391 e. The highest BCUT2D eigenvalue weighted by Crippen LogP contribution is 2.46. The number of hydrogen-bond acceptors (Lipinski definition) is 11. The number of carbonyl (C=O) groups is 5. The van der Waals surface area contributed by atoms with Gasteiger partial charge >= 0.3 is 0 Å². The molecule has 5 aromatic rings. The van der Waals surface area contributed by atoms with Gasteiger partial charge in [0.05, 0.1) is 39.4 Å². The van der Waals surface area contributed by atoms with Crippen LogP contribution < -0.4 is 15.5 Å². The summed E-state index contributed by atoms with van der Waals surface area (Å²) in [6.07, 6.45) is 7.09. The van der Waals surface area contributed by atoms with Gasteiger partial charge in [-0.1, -0.05) is 91.1 Å². The third-order valence-electron chi connectivity index (χ3n) is 16.8. The summed E-state index contributed by atoms with van der Waals surface area (Å²) in [5.41, 5.74) is 10.9. The number of aliphatic hydroxyl groups is 1. The SMILES string of the molecule is CCc1cc2c(cc1N1CCC(N3CCN(C(=O)CCCCCCCC(=O)NC(C(=O)N4C[C@H](O)C[C@H]4C(=O)NCc4ccc(-c5scnc5C)cc4)C(C)(C)C)CC3)CC1)C(C)(C)c1[nH]c3cc(C#N)ccc3c1C2=O. The summed E-state index contributed by atoms with van der Waals surface area (Å²) in [6.45, 7) is 19.6. The molecule has 3 saturated heterocycles. The number of nitrogens with zero attached hydrogens (tertiary/aromatic N) is 6. The molecule has 1 aliphatic carbocycles. The average Bonchev–Trinajstić information content (AvgIpc) is 4.19. The van der Waals surface area contributed by atoms with Crippen LogP contribution in [0.4, 0.5) is 5.69 Å². The molecule has 5 heterocycles. The van der Waals surface area contributed by atoms with Crippen LogP contribution in [-0.4, -0.2) is 129 Å². The summed E-state index contributed by atoms with van der Waals surface area (Å²) in [5, 5.41) is 27.0. The summed E-state index contributed by atoms with van der Waals surface area (Å²) in [4.78, 5) is 85.9. The first-order valence-corrected chi connectivity index (χ1v) is 28.8. The van der Waals surface area contributed by atoms with E-state index in [9.17, 15) is 34.3 Å². The van der Waals surface area contributed by atoms with Gasteiger partial charge in [0.15, 0.2) is 5.78 Å². The Balaban J connectivity index is 0.673. The molecular weight excluding hydrogens is 987 g/mol. The lowest BCUT2D eigenvalue weighted by Gasteiger charge is -2.44. The zero-order valence-corrected chi connectivity index (χ0v) is 46.9. The van der Waals surface area contributed by atoms with E-state index in [2.05, 4.69) is 69.4 Å². The molecule has 0 spiro atoms. The number of ketones is 1. The van der Waals surface area contributed by atoms with E-state index in [0.29, 0.717) is 30.0 Å². The Kier molecular flexibility index (Phi) is 16.7. The van der Waals surface area contributed by atoms with Gasteiger partial charge in [-0.2, -0.15) is 5.26 Å². The molecule has 4 N–H and O–H groups in total. The Morgan fingerprint density at radius 1 is 0.935 bits per heavy atom. The van der Waals surface area contributed by atoms with E-state index < -0.39 is 29.0 Å². The number of aliphatic hydroxyl groups excluding tert-OH is 1. The molecule has 0 radical (unpaired) electrons. The number of fused-ring (bicyclic) bond motifs is 4. The molecule has 3 aromatic carbocycles. The number of amides is 4. The normalized spacial score (nSPS) is 19.2. The quantitative estimate of drug-likeness (QED) is 0.0656. The summed E-state index contributed by atoms with van der Waals surface area (Å²) in [5.74, 6) is -0.682. The van der Waals surface area contributed by atoms with Crippen molar-refractivity contribution in [1.82, 2.24) is 35.3 Å². The molecule has 4 amide bonds. The number of likely N-dealkylation sites (tertiary alicyclic amines) is 1. The van der Waals surface area contributed by atoms with Gasteiger partial charge in [0.25, 0.3) is 0 Å². The number of β-amino-alcohol motifs (C(OH)–C–C–N with tert-alkyl or cyclic N) is 1. The van der Waals surface area contributed by atoms with Crippen LogP contribution in [0.1, 0.15) is 155 Å². The van der Waals surface area contributed by atoms with Crippen molar-refractivity contribution in [3.63, 3.8) is 0 Å². The number of H-pyrrole nitrogens is 1. The van der Waals surface area contributed by atoms with Crippen LogP contribution in [0.3, 0.4) is 0 Å². The third-order valence-corrected chi connectivity index (χ3v) is 17.8. The number of thiazole rings is 1. The second-order valence-corrected chi connectivity index (χ2v) is 24.3. The first kappa shape index (κ1) is 55.3. The van der Waals surface area contributed by atoms with Crippen LogP contribution >= 0.6 is 11.3 Å². The van der Waals surface area contributed by atoms with Crippen molar-refractivity contribution in [2.75, 3.05) is 50.7 Å². The Hall–Kier alpha value is -6.41. The first-order chi connectivity index (χ1) is 36.9. The zero-order chi connectivity index (χ0) is 54.8. The van der Waals surface area contributed by atoms with Crippen molar-refractivity contribution < 1.29 is 29.1 Å². The van der Waals surface area contributed by atoms with Gasteiger partial charge in [-0.25, -0.2) is 4.98 Å². The number of aromatic amines is 1. The van der Waals surface area contributed by atoms with Gasteiger partial charge in [0, 0.05) is 111 Å². The van der Waals surface area contributed by atoms with Gasteiger partial charge < -0.3 is 35.4 Å². The van der Waals surface area contributed by atoms with Crippen LogP contribution in [-0.2, 0) is 37.6 Å². The van der Waals surface area contributed by atoms with Crippen molar-refractivity contribution in [2.45, 2.75) is 155 Å². The number of aromatic nitrogens is 2.